The molecule has 7 nitrogen and oxygen atoms in total. The maximum absolute atomic E-state index is 13.4. The van der Waals surface area contributed by atoms with Crippen LogP contribution in [0.3, 0.4) is 0 Å². The van der Waals surface area contributed by atoms with Crippen molar-refractivity contribution in [2.45, 2.75) is 64.2 Å². The topological polar surface area (TPSA) is 80.1 Å². The van der Waals surface area contributed by atoms with Crippen LogP contribution < -0.4 is 5.32 Å². The van der Waals surface area contributed by atoms with Crippen LogP contribution in [0.25, 0.3) is 0 Å². The third kappa shape index (κ3) is 4.01. The number of aromatic nitrogens is 3. The van der Waals surface area contributed by atoms with Crippen LogP contribution >= 0.6 is 11.6 Å². The maximum atomic E-state index is 13.4. The third-order valence-electron chi connectivity index (χ3n) is 6.15. The van der Waals surface area contributed by atoms with Gasteiger partial charge in [0.15, 0.2) is 5.82 Å². The van der Waals surface area contributed by atoms with Crippen LogP contribution in [0, 0.1) is 5.92 Å². The second-order valence-corrected chi connectivity index (χ2v) is 8.27. The summed E-state index contributed by atoms with van der Waals surface area (Å²) in [5, 5.41) is 11.5. The SMILES string of the molecule is CCn1cnnc1CNC(=O)C1CC2CCCCC2N1C(=O)c1cccc(Cl)c1. The molecule has 2 fully saturated rings. The Bertz CT molecular complexity index is 899. The van der Waals surface area contributed by atoms with Gasteiger partial charge >= 0.3 is 0 Å². The lowest BCUT2D eigenvalue weighted by atomic mass is 9.84. The number of carbonyl (C=O) groups is 2. The highest BCUT2D eigenvalue weighted by Gasteiger charge is 2.47. The number of rotatable bonds is 5. The van der Waals surface area contributed by atoms with Crippen LogP contribution in [0.5, 0.6) is 0 Å². The van der Waals surface area contributed by atoms with Crippen LogP contribution in [-0.2, 0) is 17.9 Å². The predicted octanol–water partition coefficient (Wildman–Crippen LogP) is 3.04. The van der Waals surface area contributed by atoms with Gasteiger partial charge in [-0.15, -0.1) is 10.2 Å². The molecule has 3 atom stereocenters. The van der Waals surface area contributed by atoms with E-state index in [0.717, 1.165) is 32.2 Å². The molecule has 1 saturated carbocycles. The van der Waals surface area contributed by atoms with Crippen molar-refractivity contribution in [2.75, 3.05) is 0 Å². The summed E-state index contributed by atoms with van der Waals surface area (Å²) in [6, 6.07) is 6.62. The van der Waals surface area contributed by atoms with Crippen molar-refractivity contribution in [2.24, 2.45) is 5.92 Å². The number of amides is 2. The van der Waals surface area contributed by atoms with Crippen LogP contribution in [-0.4, -0.2) is 43.6 Å². The molecule has 1 aliphatic carbocycles. The zero-order chi connectivity index (χ0) is 20.4. The quantitative estimate of drug-likeness (QED) is 0.813. The molecule has 0 spiro atoms. The first-order valence-corrected chi connectivity index (χ1v) is 10.7. The average Bonchev–Trinajstić information content (AvgIpc) is 3.35. The Morgan fingerprint density at radius 2 is 2.10 bits per heavy atom. The third-order valence-corrected chi connectivity index (χ3v) is 6.39. The molecule has 154 valence electrons. The van der Waals surface area contributed by atoms with Crippen LogP contribution in [0.1, 0.15) is 55.2 Å². The number of likely N-dealkylation sites (tertiary alicyclic amines) is 1. The zero-order valence-corrected chi connectivity index (χ0v) is 17.3. The first-order chi connectivity index (χ1) is 14.1. The lowest BCUT2D eigenvalue weighted by Gasteiger charge is -2.33. The summed E-state index contributed by atoms with van der Waals surface area (Å²) in [5.41, 5.74) is 0.534. The van der Waals surface area contributed by atoms with Crippen LogP contribution in [0.4, 0.5) is 0 Å². The molecule has 2 heterocycles. The fourth-order valence-electron chi connectivity index (χ4n) is 4.72. The Morgan fingerprint density at radius 1 is 1.28 bits per heavy atom. The smallest absolute Gasteiger partial charge is 0.254 e. The molecule has 29 heavy (non-hydrogen) atoms. The van der Waals surface area contributed by atoms with E-state index in [1.165, 1.54) is 0 Å². The first-order valence-electron chi connectivity index (χ1n) is 10.3. The highest BCUT2D eigenvalue weighted by molar-refractivity contribution is 6.31. The van der Waals surface area contributed by atoms with Gasteiger partial charge in [0.1, 0.15) is 12.4 Å². The Labute approximate surface area is 175 Å². The summed E-state index contributed by atoms with van der Waals surface area (Å²) < 4.78 is 1.89. The van der Waals surface area contributed by atoms with Crippen LogP contribution in [0.2, 0.25) is 5.02 Å². The maximum Gasteiger partial charge on any atom is 0.254 e. The van der Waals surface area contributed by atoms with Crippen molar-refractivity contribution < 1.29 is 9.59 Å². The largest absolute Gasteiger partial charge is 0.347 e. The number of fused-ring (bicyclic) bond motifs is 1. The Balaban J connectivity index is 1.54. The van der Waals surface area contributed by atoms with E-state index in [1.54, 1.807) is 30.6 Å². The zero-order valence-electron chi connectivity index (χ0n) is 16.6. The van der Waals surface area contributed by atoms with Gasteiger partial charge in [0.25, 0.3) is 5.91 Å². The van der Waals surface area contributed by atoms with Crippen molar-refractivity contribution in [3.8, 4) is 0 Å². The average molecular weight is 416 g/mol. The van der Waals surface area contributed by atoms with Gasteiger partial charge in [-0.05, 0) is 50.3 Å². The molecule has 1 aromatic heterocycles. The van der Waals surface area contributed by atoms with Gasteiger partial charge in [-0.25, -0.2) is 0 Å². The van der Waals surface area contributed by atoms with E-state index in [2.05, 4.69) is 15.5 Å². The fraction of sp³-hybridized carbons (Fsp3) is 0.524. The molecule has 0 radical (unpaired) electrons. The standard InChI is InChI=1S/C21H26ClN5O2/c1-2-26-13-24-25-19(26)12-23-20(28)18-11-14-6-3-4-9-17(14)27(18)21(29)15-7-5-8-16(22)10-15/h5,7-8,10,13-14,17-18H,2-4,6,9,11-12H2,1H3,(H,23,28). The highest BCUT2D eigenvalue weighted by atomic mass is 35.5. The molecule has 0 bridgehead atoms. The number of hydrogen-bond acceptors (Lipinski definition) is 4. The molecule has 2 aromatic rings. The van der Waals surface area contributed by atoms with Crippen molar-refractivity contribution in [3.63, 3.8) is 0 Å². The number of hydrogen-bond donors (Lipinski definition) is 1. The molecular weight excluding hydrogens is 390 g/mol. The Hall–Kier alpha value is -2.41. The van der Waals surface area contributed by atoms with E-state index in [0.29, 0.717) is 35.3 Å². The molecule has 8 heteroatoms. The second-order valence-electron chi connectivity index (χ2n) is 7.84. The molecule has 1 saturated heterocycles. The lowest BCUT2D eigenvalue weighted by molar-refractivity contribution is -0.125. The van der Waals surface area contributed by atoms with E-state index in [4.69, 9.17) is 11.6 Å². The number of aryl methyl sites for hydroxylation is 1. The summed E-state index contributed by atoms with van der Waals surface area (Å²) in [6.45, 7) is 3.05. The predicted molar refractivity (Wildman–Crippen MR) is 109 cm³/mol. The van der Waals surface area contributed by atoms with Crippen molar-refractivity contribution in [1.29, 1.82) is 0 Å². The van der Waals surface area contributed by atoms with Gasteiger partial charge in [0, 0.05) is 23.2 Å². The summed E-state index contributed by atoms with van der Waals surface area (Å²) in [4.78, 5) is 28.3. The molecule has 3 unspecified atom stereocenters. The van der Waals surface area contributed by atoms with Crippen molar-refractivity contribution >= 4 is 23.4 Å². The van der Waals surface area contributed by atoms with E-state index in [9.17, 15) is 9.59 Å². The minimum absolute atomic E-state index is 0.112. The Morgan fingerprint density at radius 3 is 2.90 bits per heavy atom. The number of halogens is 1. The van der Waals surface area contributed by atoms with Crippen molar-refractivity contribution in [1.82, 2.24) is 25.0 Å². The summed E-state index contributed by atoms with van der Waals surface area (Å²) in [6.07, 6.45) is 6.63. The van der Waals surface area contributed by atoms with Gasteiger partial charge in [0.05, 0.1) is 6.54 Å². The summed E-state index contributed by atoms with van der Waals surface area (Å²) >= 11 is 6.10. The van der Waals surface area contributed by atoms with Gasteiger partial charge in [-0.2, -0.15) is 0 Å². The number of carbonyl (C=O) groups excluding carboxylic acids is 2. The van der Waals surface area contributed by atoms with E-state index < -0.39 is 6.04 Å². The molecule has 1 aromatic carbocycles. The molecular formula is C21H26ClN5O2. The van der Waals surface area contributed by atoms with Gasteiger partial charge in [-0.3, -0.25) is 9.59 Å². The van der Waals surface area contributed by atoms with E-state index in [-0.39, 0.29) is 17.9 Å². The molecule has 1 N–H and O–H groups in total. The lowest BCUT2D eigenvalue weighted by Crippen LogP contribution is -2.49. The number of nitrogens with zero attached hydrogens (tertiary/aromatic N) is 4. The normalized spacial score (nSPS) is 23.7. The van der Waals surface area contributed by atoms with Gasteiger partial charge in [-0.1, -0.05) is 30.5 Å². The fourth-order valence-corrected chi connectivity index (χ4v) is 4.91. The molecule has 4 rings (SSSR count). The Kier molecular flexibility index (Phi) is 5.85. The first kappa shape index (κ1) is 19.9. The second kappa shape index (κ2) is 8.53. The molecule has 1 aliphatic heterocycles. The van der Waals surface area contributed by atoms with E-state index in [1.807, 2.05) is 16.4 Å². The van der Waals surface area contributed by atoms with Gasteiger partial charge < -0.3 is 14.8 Å². The number of benzene rings is 1. The minimum Gasteiger partial charge on any atom is -0.347 e. The molecule has 2 aliphatic rings. The summed E-state index contributed by atoms with van der Waals surface area (Å²) in [5.74, 6) is 0.852. The summed E-state index contributed by atoms with van der Waals surface area (Å²) in [7, 11) is 0. The minimum atomic E-state index is -0.465. The van der Waals surface area contributed by atoms with Gasteiger partial charge in [0.2, 0.25) is 5.91 Å². The van der Waals surface area contributed by atoms with Crippen molar-refractivity contribution in [3.05, 3.63) is 47.0 Å². The molecule has 2 amide bonds. The highest BCUT2D eigenvalue weighted by Crippen LogP contribution is 2.40. The van der Waals surface area contributed by atoms with E-state index >= 15 is 0 Å². The number of nitrogens with one attached hydrogen (secondary N) is 1. The van der Waals surface area contributed by atoms with Crippen LogP contribution in [0.15, 0.2) is 30.6 Å². The monoisotopic (exact) mass is 415 g/mol.